The number of hydrogen-bond acceptors (Lipinski definition) is 3. The molecule has 1 aromatic carbocycles. The topological polar surface area (TPSA) is 29.5 Å². The second kappa shape index (κ2) is 5.68. The van der Waals surface area contributed by atoms with Crippen LogP contribution < -0.4 is 0 Å². The summed E-state index contributed by atoms with van der Waals surface area (Å²) in [6.45, 7) is 4.97. The lowest BCUT2D eigenvalue weighted by atomic mass is 9.79. The lowest BCUT2D eigenvalue weighted by molar-refractivity contribution is -0.0582. The first-order chi connectivity index (χ1) is 9.48. The van der Waals surface area contributed by atoms with Gasteiger partial charge in [0.15, 0.2) is 5.60 Å². The smallest absolute Gasteiger partial charge is 0.339 e. The minimum atomic E-state index is -0.807. The molecule has 0 saturated carbocycles. The van der Waals surface area contributed by atoms with Crippen LogP contribution in [-0.4, -0.2) is 36.1 Å². The van der Waals surface area contributed by atoms with Crippen LogP contribution in [0, 0.1) is 18.3 Å². The Kier molecular flexibility index (Phi) is 4.15. The normalized spacial score (nSPS) is 30.5. The minimum Gasteiger partial charge on any atom is -0.442 e. The second-order valence-corrected chi connectivity index (χ2v) is 5.68. The highest BCUT2D eigenvalue weighted by Gasteiger charge is 2.44. The Bertz CT molecular complexity index is 520. The van der Waals surface area contributed by atoms with Gasteiger partial charge in [-0.25, -0.2) is 4.79 Å². The molecule has 1 aromatic rings. The van der Waals surface area contributed by atoms with E-state index in [9.17, 15) is 4.79 Å². The zero-order chi connectivity index (χ0) is 14.8. The van der Waals surface area contributed by atoms with Crippen LogP contribution in [0.3, 0.4) is 0 Å². The lowest BCUT2D eigenvalue weighted by Crippen LogP contribution is -2.54. The van der Waals surface area contributed by atoms with Crippen LogP contribution in [0.4, 0.5) is 0 Å². The monoisotopic (exact) mass is 271 g/mol. The van der Waals surface area contributed by atoms with Crippen molar-refractivity contribution in [2.75, 3.05) is 13.6 Å². The van der Waals surface area contributed by atoms with Gasteiger partial charge in [-0.3, -0.25) is 0 Å². The predicted molar refractivity (Wildman–Crippen MR) is 79.3 cm³/mol. The van der Waals surface area contributed by atoms with Crippen molar-refractivity contribution in [3.8, 4) is 12.3 Å². The number of ether oxygens (including phenoxy) is 1. The standard InChI is InChI=1S/C17H21NO2/c1-5-17(11-14(3)18(4)12-13(17)2)20-16(19)15-9-7-6-8-10-15/h1,6-10,13-14H,11-12H2,2-4H3/t13-,14+,17-/m0/s1. The zero-order valence-electron chi connectivity index (χ0n) is 12.3. The minimum absolute atomic E-state index is 0.112. The van der Waals surface area contributed by atoms with Gasteiger partial charge in [0, 0.05) is 24.9 Å². The van der Waals surface area contributed by atoms with E-state index in [2.05, 4.69) is 24.8 Å². The number of nitrogens with zero attached hydrogens (tertiary/aromatic N) is 1. The van der Waals surface area contributed by atoms with Crippen LogP contribution in [0.2, 0.25) is 0 Å². The number of esters is 1. The fourth-order valence-corrected chi connectivity index (χ4v) is 2.73. The van der Waals surface area contributed by atoms with Crippen molar-refractivity contribution >= 4 is 5.97 Å². The summed E-state index contributed by atoms with van der Waals surface area (Å²) < 4.78 is 5.74. The van der Waals surface area contributed by atoms with Crippen molar-refractivity contribution in [1.82, 2.24) is 4.90 Å². The maximum absolute atomic E-state index is 12.3. The number of benzene rings is 1. The van der Waals surface area contributed by atoms with Gasteiger partial charge in [-0.05, 0) is 26.1 Å². The number of likely N-dealkylation sites (tertiary alicyclic amines) is 1. The molecule has 1 aliphatic rings. The molecule has 0 N–H and O–H groups in total. The van der Waals surface area contributed by atoms with E-state index in [4.69, 9.17) is 11.2 Å². The summed E-state index contributed by atoms with van der Waals surface area (Å²) in [5, 5.41) is 0. The van der Waals surface area contributed by atoms with Gasteiger partial charge in [0.2, 0.25) is 0 Å². The Morgan fingerprint density at radius 3 is 2.65 bits per heavy atom. The number of carbonyl (C=O) groups is 1. The summed E-state index contributed by atoms with van der Waals surface area (Å²) in [4.78, 5) is 14.5. The Labute approximate surface area is 120 Å². The first-order valence-electron chi connectivity index (χ1n) is 6.95. The Morgan fingerprint density at radius 2 is 2.05 bits per heavy atom. The number of rotatable bonds is 2. The molecule has 1 saturated heterocycles. The van der Waals surface area contributed by atoms with Gasteiger partial charge >= 0.3 is 5.97 Å². The summed E-state index contributed by atoms with van der Waals surface area (Å²) in [7, 11) is 2.07. The fourth-order valence-electron chi connectivity index (χ4n) is 2.73. The third kappa shape index (κ3) is 2.71. The van der Waals surface area contributed by atoms with Gasteiger partial charge in [-0.15, -0.1) is 6.42 Å². The van der Waals surface area contributed by atoms with E-state index in [1.54, 1.807) is 12.1 Å². The molecule has 0 aliphatic carbocycles. The van der Waals surface area contributed by atoms with Crippen LogP contribution in [0.15, 0.2) is 30.3 Å². The molecule has 0 bridgehead atoms. The summed E-state index contributed by atoms with van der Waals surface area (Å²) in [5.41, 5.74) is -0.264. The molecule has 1 fully saturated rings. The van der Waals surface area contributed by atoms with Gasteiger partial charge in [-0.1, -0.05) is 31.0 Å². The van der Waals surface area contributed by atoms with E-state index < -0.39 is 5.60 Å². The molecule has 20 heavy (non-hydrogen) atoms. The largest absolute Gasteiger partial charge is 0.442 e. The maximum atomic E-state index is 12.3. The summed E-state index contributed by atoms with van der Waals surface area (Å²) in [6, 6.07) is 9.30. The van der Waals surface area contributed by atoms with Crippen molar-refractivity contribution in [2.45, 2.75) is 31.9 Å². The van der Waals surface area contributed by atoms with Gasteiger partial charge in [0.25, 0.3) is 0 Å². The molecule has 0 spiro atoms. The summed E-state index contributed by atoms with van der Waals surface area (Å²) >= 11 is 0. The SMILES string of the molecule is C#C[C@]1(OC(=O)c2ccccc2)C[C@@H](C)N(C)C[C@@H]1C. The average molecular weight is 271 g/mol. The van der Waals surface area contributed by atoms with Gasteiger partial charge < -0.3 is 9.64 Å². The quantitative estimate of drug-likeness (QED) is 0.611. The molecule has 0 radical (unpaired) electrons. The molecule has 1 aliphatic heterocycles. The van der Waals surface area contributed by atoms with Crippen LogP contribution >= 0.6 is 0 Å². The molecule has 3 heteroatoms. The lowest BCUT2D eigenvalue weighted by Gasteiger charge is -2.45. The highest BCUT2D eigenvalue weighted by molar-refractivity contribution is 5.89. The van der Waals surface area contributed by atoms with E-state index in [0.29, 0.717) is 18.0 Å². The van der Waals surface area contributed by atoms with Crippen molar-refractivity contribution in [3.63, 3.8) is 0 Å². The second-order valence-electron chi connectivity index (χ2n) is 5.68. The third-order valence-corrected chi connectivity index (χ3v) is 4.24. The van der Waals surface area contributed by atoms with Crippen molar-refractivity contribution < 1.29 is 9.53 Å². The first kappa shape index (κ1) is 14.6. The number of piperidine rings is 1. The van der Waals surface area contributed by atoms with Crippen molar-refractivity contribution in [2.24, 2.45) is 5.92 Å². The molecule has 0 unspecified atom stereocenters. The first-order valence-corrected chi connectivity index (χ1v) is 6.95. The van der Waals surface area contributed by atoms with E-state index in [0.717, 1.165) is 6.54 Å². The van der Waals surface area contributed by atoms with Crippen LogP contribution in [0.1, 0.15) is 30.6 Å². The number of carbonyl (C=O) groups excluding carboxylic acids is 1. The highest BCUT2D eigenvalue weighted by atomic mass is 16.6. The Morgan fingerprint density at radius 1 is 1.40 bits per heavy atom. The maximum Gasteiger partial charge on any atom is 0.339 e. The van der Waals surface area contributed by atoms with Crippen LogP contribution in [-0.2, 0) is 4.74 Å². The Hall–Kier alpha value is -1.79. The number of terminal acetylenes is 1. The van der Waals surface area contributed by atoms with E-state index >= 15 is 0 Å². The number of hydrogen-bond donors (Lipinski definition) is 0. The Balaban J connectivity index is 2.20. The fraction of sp³-hybridized carbons (Fsp3) is 0.471. The summed E-state index contributed by atoms with van der Waals surface area (Å²) in [5.74, 6) is 2.52. The van der Waals surface area contributed by atoms with Gasteiger partial charge in [-0.2, -0.15) is 0 Å². The molecule has 3 nitrogen and oxygen atoms in total. The molecule has 1 heterocycles. The molecule has 3 atom stereocenters. The summed E-state index contributed by atoms with van der Waals surface area (Å²) in [6.07, 6.45) is 6.38. The van der Waals surface area contributed by atoms with Crippen molar-refractivity contribution in [1.29, 1.82) is 0 Å². The molecular weight excluding hydrogens is 250 g/mol. The third-order valence-electron chi connectivity index (χ3n) is 4.24. The van der Waals surface area contributed by atoms with Gasteiger partial charge in [0.05, 0.1) is 5.56 Å². The van der Waals surface area contributed by atoms with E-state index in [1.165, 1.54) is 0 Å². The zero-order valence-corrected chi connectivity index (χ0v) is 12.3. The molecule has 106 valence electrons. The van der Waals surface area contributed by atoms with E-state index in [-0.39, 0.29) is 11.9 Å². The van der Waals surface area contributed by atoms with Crippen molar-refractivity contribution in [3.05, 3.63) is 35.9 Å². The molecular formula is C17H21NO2. The van der Waals surface area contributed by atoms with Crippen LogP contribution in [0.5, 0.6) is 0 Å². The molecule has 0 amide bonds. The van der Waals surface area contributed by atoms with Crippen LogP contribution in [0.25, 0.3) is 0 Å². The highest BCUT2D eigenvalue weighted by Crippen LogP contribution is 2.34. The predicted octanol–water partition coefficient (Wildman–Crippen LogP) is 2.58. The molecule has 0 aromatic heterocycles. The van der Waals surface area contributed by atoms with Gasteiger partial charge in [0.1, 0.15) is 0 Å². The average Bonchev–Trinajstić information content (AvgIpc) is 2.45. The molecule has 2 rings (SSSR count). The van der Waals surface area contributed by atoms with E-state index in [1.807, 2.05) is 25.1 Å².